The summed E-state index contributed by atoms with van der Waals surface area (Å²) in [5, 5.41) is 3.32. The average molecular weight is 272 g/mol. The van der Waals surface area contributed by atoms with Gasteiger partial charge in [0, 0.05) is 18.5 Å². The van der Waals surface area contributed by atoms with Crippen LogP contribution in [0.1, 0.15) is 38.9 Å². The molecule has 0 amide bonds. The highest BCUT2D eigenvalue weighted by Gasteiger charge is 2.24. The number of carbonyl (C=O) groups is 1. The summed E-state index contributed by atoms with van der Waals surface area (Å²) in [7, 11) is -3.32. The maximum Gasteiger partial charge on any atom is 0.157 e. The van der Waals surface area contributed by atoms with Gasteiger partial charge in [-0.05, 0) is 26.3 Å². The summed E-state index contributed by atoms with van der Waals surface area (Å²) in [5.41, 5.74) is 0.621. The maximum absolute atomic E-state index is 11.8. The SMILES string of the molecule is CCC(C)n1ccc(CC(=O)C(C)S(C)(=O)=O)n1. The van der Waals surface area contributed by atoms with E-state index in [-0.39, 0.29) is 18.2 Å². The highest BCUT2D eigenvalue weighted by molar-refractivity contribution is 7.92. The topological polar surface area (TPSA) is 69.0 Å². The molecule has 0 spiro atoms. The molecule has 0 radical (unpaired) electrons. The largest absolute Gasteiger partial charge is 0.298 e. The highest BCUT2D eigenvalue weighted by atomic mass is 32.2. The van der Waals surface area contributed by atoms with E-state index in [4.69, 9.17) is 0 Å². The molecule has 102 valence electrons. The minimum absolute atomic E-state index is 0.0671. The number of hydrogen-bond acceptors (Lipinski definition) is 4. The summed E-state index contributed by atoms with van der Waals surface area (Å²) in [4.78, 5) is 11.8. The van der Waals surface area contributed by atoms with Gasteiger partial charge in [-0.15, -0.1) is 0 Å². The minimum atomic E-state index is -3.32. The molecule has 2 atom stereocenters. The van der Waals surface area contributed by atoms with Gasteiger partial charge in [-0.25, -0.2) is 8.42 Å². The summed E-state index contributed by atoms with van der Waals surface area (Å²) >= 11 is 0. The van der Waals surface area contributed by atoms with Crippen LogP contribution in [0.15, 0.2) is 12.3 Å². The van der Waals surface area contributed by atoms with Gasteiger partial charge in [0.2, 0.25) is 0 Å². The van der Waals surface area contributed by atoms with Crippen molar-refractivity contribution in [2.75, 3.05) is 6.26 Å². The average Bonchev–Trinajstić information content (AvgIpc) is 2.74. The van der Waals surface area contributed by atoms with Crippen LogP contribution in [0.25, 0.3) is 0 Å². The molecule has 0 saturated heterocycles. The fourth-order valence-electron chi connectivity index (χ4n) is 1.47. The van der Waals surface area contributed by atoms with Crippen molar-refractivity contribution in [1.29, 1.82) is 0 Å². The molecule has 0 aromatic carbocycles. The number of nitrogens with zero attached hydrogens (tertiary/aromatic N) is 2. The molecule has 0 fully saturated rings. The van der Waals surface area contributed by atoms with Gasteiger partial charge in [0.15, 0.2) is 15.6 Å². The fraction of sp³-hybridized carbons (Fsp3) is 0.667. The minimum Gasteiger partial charge on any atom is -0.298 e. The van der Waals surface area contributed by atoms with Gasteiger partial charge in [0.25, 0.3) is 0 Å². The van der Waals surface area contributed by atoms with Gasteiger partial charge >= 0.3 is 0 Å². The number of sulfone groups is 1. The second-order valence-electron chi connectivity index (χ2n) is 4.66. The Morgan fingerprint density at radius 1 is 1.44 bits per heavy atom. The molecule has 0 aliphatic carbocycles. The summed E-state index contributed by atoms with van der Waals surface area (Å²) in [5.74, 6) is -0.313. The van der Waals surface area contributed by atoms with Gasteiger partial charge in [0.05, 0.1) is 12.1 Å². The van der Waals surface area contributed by atoms with Gasteiger partial charge in [-0.3, -0.25) is 9.48 Å². The van der Waals surface area contributed by atoms with E-state index in [9.17, 15) is 13.2 Å². The Kier molecular flexibility index (Phi) is 4.67. The van der Waals surface area contributed by atoms with Crippen molar-refractivity contribution >= 4 is 15.6 Å². The Balaban J connectivity index is 2.74. The summed E-state index contributed by atoms with van der Waals surface area (Å²) in [6.45, 7) is 5.52. The fourth-order valence-corrected chi connectivity index (χ4v) is 2.03. The molecule has 0 aliphatic rings. The van der Waals surface area contributed by atoms with Crippen LogP contribution in [0.2, 0.25) is 0 Å². The lowest BCUT2D eigenvalue weighted by molar-refractivity contribution is -0.117. The van der Waals surface area contributed by atoms with Gasteiger partial charge in [-0.1, -0.05) is 6.92 Å². The van der Waals surface area contributed by atoms with E-state index in [2.05, 4.69) is 12.0 Å². The molecule has 18 heavy (non-hydrogen) atoms. The highest BCUT2D eigenvalue weighted by Crippen LogP contribution is 2.11. The maximum atomic E-state index is 11.8. The van der Waals surface area contributed by atoms with Crippen LogP contribution in [0, 0.1) is 0 Å². The molecule has 1 aromatic heterocycles. The predicted molar refractivity (Wildman–Crippen MR) is 70.2 cm³/mol. The number of rotatable bonds is 6. The van der Waals surface area contributed by atoms with Crippen molar-refractivity contribution in [3.63, 3.8) is 0 Å². The molecule has 2 unspecified atom stereocenters. The normalized spacial score (nSPS) is 15.3. The van der Waals surface area contributed by atoms with Gasteiger partial charge in [0.1, 0.15) is 5.25 Å². The van der Waals surface area contributed by atoms with Crippen molar-refractivity contribution in [3.05, 3.63) is 18.0 Å². The van der Waals surface area contributed by atoms with Crippen molar-refractivity contribution in [2.24, 2.45) is 0 Å². The monoisotopic (exact) mass is 272 g/mol. The number of Topliss-reactive ketones (excluding diaryl/α,β-unsaturated/α-hetero) is 1. The third kappa shape index (κ3) is 3.66. The zero-order valence-electron chi connectivity index (χ0n) is 11.3. The molecule has 1 heterocycles. The Morgan fingerprint density at radius 2 is 2.06 bits per heavy atom. The van der Waals surface area contributed by atoms with Crippen LogP contribution >= 0.6 is 0 Å². The number of hydrogen-bond donors (Lipinski definition) is 0. The van der Waals surface area contributed by atoms with E-state index in [0.29, 0.717) is 5.69 Å². The molecular formula is C12H20N2O3S. The summed E-state index contributed by atoms with van der Waals surface area (Å²) in [6, 6.07) is 2.04. The Labute approximate surface area is 108 Å². The molecule has 5 nitrogen and oxygen atoms in total. The van der Waals surface area contributed by atoms with E-state index in [0.717, 1.165) is 12.7 Å². The third-order valence-electron chi connectivity index (χ3n) is 3.16. The lowest BCUT2D eigenvalue weighted by Gasteiger charge is -2.09. The van der Waals surface area contributed by atoms with Crippen LogP contribution in [-0.4, -0.2) is 35.5 Å². The molecule has 0 saturated carbocycles. The first-order valence-electron chi connectivity index (χ1n) is 6.01. The first-order valence-corrected chi connectivity index (χ1v) is 7.96. The molecule has 0 N–H and O–H groups in total. The molecule has 1 aromatic rings. The predicted octanol–water partition coefficient (Wildman–Crippen LogP) is 1.40. The number of aromatic nitrogens is 2. The van der Waals surface area contributed by atoms with E-state index in [1.54, 1.807) is 10.7 Å². The number of ketones is 1. The van der Waals surface area contributed by atoms with Crippen LogP contribution < -0.4 is 0 Å². The van der Waals surface area contributed by atoms with Crippen LogP contribution in [0.4, 0.5) is 0 Å². The van der Waals surface area contributed by atoms with Crippen molar-refractivity contribution in [2.45, 2.75) is 44.9 Å². The second-order valence-corrected chi connectivity index (χ2v) is 7.03. The molecule has 0 aliphatic heterocycles. The molecule has 1 rings (SSSR count). The van der Waals surface area contributed by atoms with Gasteiger partial charge in [-0.2, -0.15) is 5.10 Å². The lowest BCUT2D eigenvalue weighted by Crippen LogP contribution is -2.27. The van der Waals surface area contributed by atoms with E-state index < -0.39 is 15.1 Å². The van der Waals surface area contributed by atoms with Crippen LogP contribution in [0.3, 0.4) is 0 Å². The molecular weight excluding hydrogens is 252 g/mol. The van der Waals surface area contributed by atoms with Gasteiger partial charge < -0.3 is 0 Å². The first-order chi connectivity index (χ1) is 8.25. The standard InChI is InChI=1S/C12H20N2O3S/c1-5-9(2)14-7-6-11(13-14)8-12(15)10(3)18(4,16)17/h6-7,9-10H,5,8H2,1-4H3. The Morgan fingerprint density at radius 3 is 2.56 bits per heavy atom. The van der Waals surface area contributed by atoms with Crippen molar-refractivity contribution in [1.82, 2.24) is 9.78 Å². The van der Waals surface area contributed by atoms with E-state index in [1.165, 1.54) is 6.92 Å². The first kappa shape index (κ1) is 14.9. The summed E-state index contributed by atoms with van der Waals surface area (Å²) < 4.78 is 24.4. The zero-order chi connectivity index (χ0) is 13.9. The van der Waals surface area contributed by atoms with Crippen LogP contribution in [-0.2, 0) is 21.1 Å². The second kappa shape index (κ2) is 5.65. The van der Waals surface area contributed by atoms with Crippen molar-refractivity contribution in [3.8, 4) is 0 Å². The third-order valence-corrected chi connectivity index (χ3v) is 4.70. The van der Waals surface area contributed by atoms with Crippen molar-refractivity contribution < 1.29 is 13.2 Å². The zero-order valence-corrected chi connectivity index (χ0v) is 12.1. The molecule has 6 heteroatoms. The quantitative estimate of drug-likeness (QED) is 0.785. The Bertz CT molecular complexity index is 519. The smallest absolute Gasteiger partial charge is 0.157 e. The lowest BCUT2D eigenvalue weighted by atomic mass is 10.2. The summed E-state index contributed by atoms with van der Waals surface area (Å²) in [6.07, 6.45) is 3.92. The Hall–Kier alpha value is -1.17. The number of carbonyl (C=O) groups excluding carboxylic acids is 1. The van der Waals surface area contributed by atoms with Crippen LogP contribution in [0.5, 0.6) is 0 Å². The molecule has 0 bridgehead atoms. The van der Waals surface area contributed by atoms with E-state index >= 15 is 0 Å². The van der Waals surface area contributed by atoms with E-state index in [1.807, 2.05) is 13.1 Å².